The van der Waals surface area contributed by atoms with Crippen LogP contribution in [0.2, 0.25) is 5.02 Å². The number of hydrogen-bond acceptors (Lipinski definition) is 2. The largest absolute Gasteiger partial charge is 0.352 e. The molecule has 1 aromatic rings. The number of rotatable bonds is 4. The molecule has 0 aromatic heterocycles. The van der Waals surface area contributed by atoms with Crippen molar-refractivity contribution in [3.63, 3.8) is 0 Å². The van der Waals surface area contributed by atoms with E-state index in [2.05, 4.69) is 24.5 Å². The van der Waals surface area contributed by atoms with Crippen LogP contribution in [-0.2, 0) is 0 Å². The molecule has 1 amide bonds. The highest BCUT2D eigenvalue weighted by Gasteiger charge is 2.09. The van der Waals surface area contributed by atoms with Gasteiger partial charge in [0, 0.05) is 11.4 Å². The fraction of sp³-hybridized carbons (Fsp3) is 0.182. The van der Waals surface area contributed by atoms with Gasteiger partial charge < -0.3 is 5.32 Å². The van der Waals surface area contributed by atoms with E-state index in [9.17, 15) is 4.79 Å². The van der Waals surface area contributed by atoms with E-state index in [-0.39, 0.29) is 5.91 Å². The monoisotopic (exact) mass is 241 g/mol. The fourth-order valence-electron chi connectivity index (χ4n) is 1.07. The Balaban J connectivity index is 2.72. The van der Waals surface area contributed by atoms with Crippen LogP contribution in [0.3, 0.4) is 0 Å². The number of carbonyl (C=O) groups is 1. The van der Waals surface area contributed by atoms with Crippen LogP contribution in [0.4, 0.5) is 0 Å². The second kappa shape index (κ2) is 5.83. The van der Waals surface area contributed by atoms with Gasteiger partial charge in [-0.05, 0) is 24.6 Å². The molecule has 2 nitrogen and oxygen atoms in total. The number of amides is 1. The van der Waals surface area contributed by atoms with E-state index >= 15 is 0 Å². The second-order valence-corrected chi connectivity index (χ2v) is 3.92. The van der Waals surface area contributed by atoms with Crippen molar-refractivity contribution in [2.75, 3.05) is 6.54 Å². The lowest BCUT2D eigenvalue weighted by molar-refractivity contribution is 0.0954. The van der Waals surface area contributed by atoms with Crippen LogP contribution in [0, 0.1) is 0 Å². The van der Waals surface area contributed by atoms with Crippen molar-refractivity contribution in [3.05, 3.63) is 41.4 Å². The summed E-state index contributed by atoms with van der Waals surface area (Å²) in [5.41, 5.74) is 0.452. The number of nitrogens with one attached hydrogen (secondary N) is 1. The minimum Gasteiger partial charge on any atom is -0.352 e. The lowest BCUT2D eigenvalue weighted by Gasteiger charge is -2.05. The molecule has 0 aliphatic heterocycles. The van der Waals surface area contributed by atoms with Crippen LogP contribution < -0.4 is 5.32 Å². The molecular weight excluding hydrogens is 230 g/mol. The molecule has 4 heteroatoms. The first-order chi connectivity index (χ1) is 7.15. The van der Waals surface area contributed by atoms with Crippen molar-refractivity contribution in [3.8, 4) is 0 Å². The Labute approximate surface area is 99.7 Å². The Morgan fingerprint density at radius 3 is 3.00 bits per heavy atom. The average Bonchev–Trinajstić information content (AvgIpc) is 2.22. The van der Waals surface area contributed by atoms with Gasteiger partial charge in [-0.3, -0.25) is 4.79 Å². The Bertz CT molecular complexity index is 379. The summed E-state index contributed by atoms with van der Waals surface area (Å²) < 4.78 is 0. The predicted octanol–water partition coefficient (Wildman–Crippen LogP) is 2.93. The van der Waals surface area contributed by atoms with Crippen LogP contribution in [0.15, 0.2) is 35.7 Å². The van der Waals surface area contributed by atoms with Crippen LogP contribution in [0.25, 0.3) is 0 Å². The quantitative estimate of drug-likeness (QED) is 0.474. The molecule has 0 saturated heterocycles. The number of hydrogen-bond donors (Lipinski definition) is 2. The fourth-order valence-corrected chi connectivity index (χ4v) is 1.48. The van der Waals surface area contributed by atoms with Gasteiger partial charge in [-0.2, -0.15) is 0 Å². The minimum atomic E-state index is -0.183. The van der Waals surface area contributed by atoms with E-state index in [1.54, 1.807) is 24.3 Å². The van der Waals surface area contributed by atoms with E-state index in [1.165, 1.54) is 0 Å². The predicted molar refractivity (Wildman–Crippen MR) is 65.9 cm³/mol. The van der Waals surface area contributed by atoms with Gasteiger partial charge in [-0.1, -0.05) is 17.7 Å². The van der Waals surface area contributed by atoms with E-state index in [1.807, 2.05) is 0 Å². The first kappa shape index (κ1) is 12.1. The highest BCUT2D eigenvalue weighted by atomic mass is 35.5. The number of thiol groups is 1. The van der Waals surface area contributed by atoms with E-state index in [0.717, 1.165) is 6.42 Å². The lowest BCUT2D eigenvalue weighted by atomic mass is 10.2. The van der Waals surface area contributed by atoms with E-state index in [0.29, 0.717) is 22.0 Å². The standard InChI is InChI=1S/C11H12ClNOS/c1-2-3-6-13-11(14)9-7-8(15)4-5-10(9)12/h2,4-5,7,15H,1,3,6H2,(H,13,14). The molecular formula is C11H12ClNOS. The Morgan fingerprint density at radius 1 is 1.60 bits per heavy atom. The third-order valence-corrected chi connectivity index (χ3v) is 2.44. The van der Waals surface area contributed by atoms with Gasteiger partial charge in [-0.15, -0.1) is 19.2 Å². The SMILES string of the molecule is C=CCCNC(=O)c1cc(S)ccc1Cl. The zero-order chi connectivity index (χ0) is 11.3. The topological polar surface area (TPSA) is 29.1 Å². The molecule has 1 aromatic carbocycles. The van der Waals surface area contributed by atoms with Crippen LogP contribution in [0.5, 0.6) is 0 Å². The van der Waals surface area contributed by atoms with E-state index < -0.39 is 0 Å². The molecule has 1 N–H and O–H groups in total. The van der Waals surface area contributed by atoms with Gasteiger partial charge in [0.15, 0.2) is 0 Å². The second-order valence-electron chi connectivity index (χ2n) is 3.00. The van der Waals surface area contributed by atoms with Crippen molar-refractivity contribution in [1.29, 1.82) is 0 Å². The molecule has 1 rings (SSSR count). The maximum Gasteiger partial charge on any atom is 0.252 e. The van der Waals surface area contributed by atoms with Gasteiger partial charge >= 0.3 is 0 Å². The molecule has 0 bridgehead atoms. The molecule has 0 aliphatic rings. The van der Waals surface area contributed by atoms with Crippen molar-refractivity contribution < 1.29 is 4.79 Å². The van der Waals surface area contributed by atoms with Crippen LogP contribution >= 0.6 is 24.2 Å². The zero-order valence-corrected chi connectivity index (χ0v) is 9.81. The minimum absolute atomic E-state index is 0.183. The summed E-state index contributed by atoms with van der Waals surface area (Å²) in [6, 6.07) is 5.05. The molecule has 80 valence electrons. The third-order valence-electron chi connectivity index (χ3n) is 1.83. The van der Waals surface area contributed by atoms with Crippen LogP contribution in [0.1, 0.15) is 16.8 Å². The smallest absolute Gasteiger partial charge is 0.252 e. The molecule has 15 heavy (non-hydrogen) atoms. The zero-order valence-electron chi connectivity index (χ0n) is 8.16. The maximum absolute atomic E-state index is 11.6. The summed E-state index contributed by atoms with van der Waals surface area (Å²) in [6.07, 6.45) is 2.49. The first-order valence-corrected chi connectivity index (χ1v) is 5.35. The summed E-state index contributed by atoms with van der Waals surface area (Å²) in [7, 11) is 0. The molecule has 0 unspecified atom stereocenters. The summed E-state index contributed by atoms with van der Waals surface area (Å²) in [6.45, 7) is 4.14. The summed E-state index contributed by atoms with van der Waals surface area (Å²) in [4.78, 5) is 12.3. The Morgan fingerprint density at radius 2 is 2.33 bits per heavy atom. The Hall–Kier alpha value is -0.930. The summed E-state index contributed by atoms with van der Waals surface area (Å²) >= 11 is 10.0. The van der Waals surface area contributed by atoms with Crippen molar-refractivity contribution in [1.82, 2.24) is 5.32 Å². The van der Waals surface area contributed by atoms with Gasteiger partial charge in [0.05, 0.1) is 10.6 Å². The van der Waals surface area contributed by atoms with Gasteiger partial charge in [0.1, 0.15) is 0 Å². The number of halogens is 1. The van der Waals surface area contributed by atoms with Crippen molar-refractivity contribution in [2.24, 2.45) is 0 Å². The maximum atomic E-state index is 11.6. The third kappa shape index (κ3) is 3.61. The highest BCUT2D eigenvalue weighted by molar-refractivity contribution is 7.80. The molecule has 0 atom stereocenters. The molecule has 0 aliphatic carbocycles. The van der Waals surface area contributed by atoms with Gasteiger partial charge in [0.2, 0.25) is 0 Å². The molecule has 0 heterocycles. The summed E-state index contributed by atoms with van der Waals surface area (Å²) in [5.74, 6) is -0.183. The average molecular weight is 242 g/mol. The number of carbonyl (C=O) groups excluding carboxylic acids is 1. The number of benzene rings is 1. The molecule has 0 spiro atoms. The van der Waals surface area contributed by atoms with E-state index in [4.69, 9.17) is 11.6 Å². The van der Waals surface area contributed by atoms with Crippen LogP contribution in [-0.4, -0.2) is 12.5 Å². The van der Waals surface area contributed by atoms with Gasteiger partial charge in [-0.25, -0.2) is 0 Å². The summed E-state index contributed by atoms with van der Waals surface area (Å²) in [5, 5.41) is 3.17. The first-order valence-electron chi connectivity index (χ1n) is 4.52. The molecule has 0 fully saturated rings. The Kier molecular flexibility index (Phi) is 4.72. The molecule has 0 saturated carbocycles. The highest BCUT2D eigenvalue weighted by Crippen LogP contribution is 2.19. The van der Waals surface area contributed by atoms with Crippen molar-refractivity contribution in [2.45, 2.75) is 11.3 Å². The lowest BCUT2D eigenvalue weighted by Crippen LogP contribution is -2.24. The van der Waals surface area contributed by atoms with Crippen molar-refractivity contribution >= 4 is 30.1 Å². The van der Waals surface area contributed by atoms with Gasteiger partial charge in [0.25, 0.3) is 5.91 Å². The normalized spacial score (nSPS) is 9.73. The molecule has 0 radical (unpaired) electrons.